The van der Waals surface area contributed by atoms with Gasteiger partial charge in [0.2, 0.25) is 5.91 Å². The lowest BCUT2D eigenvalue weighted by molar-refractivity contribution is -0.135. The van der Waals surface area contributed by atoms with Crippen LogP contribution in [-0.4, -0.2) is 37.0 Å². The highest BCUT2D eigenvalue weighted by Crippen LogP contribution is 2.29. The maximum absolute atomic E-state index is 12.7. The minimum atomic E-state index is -0.437. The Balaban J connectivity index is 2.01. The van der Waals surface area contributed by atoms with Crippen LogP contribution in [0.1, 0.15) is 18.4 Å². The number of carbonyl (C=O) groups is 1. The molecular formula is C18H22N2O. The Hall–Kier alpha value is -1.87. The first-order valence-corrected chi connectivity index (χ1v) is 7.56. The number of hydrogen-bond donors (Lipinski definition) is 1. The number of rotatable bonds is 3. The van der Waals surface area contributed by atoms with Crippen molar-refractivity contribution < 1.29 is 4.79 Å². The van der Waals surface area contributed by atoms with E-state index < -0.39 is 5.54 Å². The lowest BCUT2D eigenvalue weighted by Crippen LogP contribution is -2.54. The van der Waals surface area contributed by atoms with Gasteiger partial charge in [-0.1, -0.05) is 42.5 Å². The molecule has 1 aliphatic rings. The largest absolute Gasteiger partial charge is 0.347 e. The maximum atomic E-state index is 12.7. The van der Waals surface area contributed by atoms with Crippen LogP contribution in [0.15, 0.2) is 42.5 Å². The summed E-state index contributed by atoms with van der Waals surface area (Å²) < 4.78 is 0. The third-order valence-electron chi connectivity index (χ3n) is 4.43. The fraction of sp³-hybridized carbons (Fsp3) is 0.389. The third-order valence-corrected chi connectivity index (χ3v) is 4.43. The molecule has 0 spiro atoms. The maximum Gasteiger partial charge on any atom is 0.242 e. The van der Waals surface area contributed by atoms with Gasteiger partial charge in [0.1, 0.15) is 5.54 Å². The molecule has 0 saturated carbocycles. The molecule has 3 nitrogen and oxygen atoms in total. The zero-order chi connectivity index (χ0) is 14.9. The van der Waals surface area contributed by atoms with Gasteiger partial charge in [-0.15, -0.1) is 0 Å². The van der Waals surface area contributed by atoms with Crippen molar-refractivity contribution in [3.63, 3.8) is 0 Å². The topological polar surface area (TPSA) is 32.3 Å². The molecular weight excluding hydrogens is 260 g/mol. The molecule has 1 amide bonds. The van der Waals surface area contributed by atoms with Crippen molar-refractivity contribution in [3.05, 3.63) is 48.0 Å². The van der Waals surface area contributed by atoms with Crippen molar-refractivity contribution in [2.75, 3.05) is 20.6 Å². The van der Waals surface area contributed by atoms with Crippen LogP contribution in [0.3, 0.4) is 0 Å². The van der Waals surface area contributed by atoms with Gasteiger partial charge in [-0.3, -0.25) is 4.79 Å². The number of hydrogen-bond acceptors (Lipinski definition) is 2. The molecule has 110 valence electrons. The zero-order valence-corrected chi connectivity index (χ0v) is 12.7. The number of carbonyl (C=O) groups excluding carboxylic acids is 1. The van der Waals surface area contributed by atoms with E-state index in [4.69, 9.17) is 0 Å². The van der Waals surface area contributed by atoms with Gasteiger partial charge >= 0.3 is 0 Å². The molecule has 3 rings (SSSR count). The van der Waals surface area contributed by atoms with Gasteiger partial charge < -0.3 is 10.2 Å². The van der Waals surface area contributed by atoms with Crippen molar-refractivity contribution in [1.29, 1.82) is 0 Å². The first kappa shape index (κ1) is 14.1. The Morgan fingerprint density at radius 1 is 1.19 bits per heavy atom. The summed E-state index contributed by atoms with van der Waals surface area (Å²) in [6.45, 7) is 0.921. The standard InChI is InChI=1S/C18H22N2O/c1-20(2)17(21)18(11-6-12-19-18)13-15-9-5-8-14-7-3-4-10-16(14)15/h3-5,7-10,19H,6,11-13H2,1-2H3/t18-/m1/s1. The lowest BCUT2D eigenvalue weighted by Gasteiger charge is -2.31. The number of amides is 1. The smallest absolute Gasteiger partial charge is 0.242 e. The van der Waals surface area contributed by atoms with E-state index in [-0.39, 0.29) is 5.91 Å². The molecule has 0 unspecified atom stereocenters. The van der Waals surface area contributed by atoms with Crippen LogP contribution in [0, 0.1) is 0 Å². The van der Waals surface area contributed by atoms with Crippen molar-refractivity contribution in [1.82, 2.24) is 10.2 Å². The Bertz CT molecular complexity index is 652. The van der Waals surface area contributed by atoms with E-state index in [0.717, 1.165) is 25.8 Å². The predicted molar refractivity (Wildman–Crippen MR) is 86.3 cm³/mol. The summed E-state index contributed by atoms with van der Waals surface area (Å²) in [4.78, 5) is 14.4. The van der Waals surface area contributed by atoms with Gasteiger partial charge in [0.05, 0.1) is 0 Å². The van der Waals surface area contributed by atoms with Crippen molar-refractivity contribution in [2.45, 2.75) is 24.8 Å². The highest BCUT2D eigenvalue weighted by Gasteiger charge is 2.42. The van der Waals surface area contributed by atoms with Crippen LogP contribution in [0.5, 0.6) is 0 Å². The number of likely N-dealkylation sites (N-methyl/N-ethyl adjacent to an activating group) is 1. The number of fused-ring (bicyclic) bond motifs is 1. The van der Waals surface area contributed by atoms with Crippen LogP contribution in [0.25, 0.3) is 10.8 Å². The van der Waals surface area contributed by atoms with Gasteiger partial charge in [-0.05, 0) is 35.7 Å². The van der Waals surface area contributed by atoms with E-state index in [9.17, 15) is 4.79 Å². The monoisotopic (exact) mass is 282 g/mol. The molecule has 0 aliphatic carbocycles. The van der Waals surface area contributed by atoms with Crippen molar-refractivity contribution >= 4 is 16.7 Å². The summed E-state index contributed by atoms with van der Waals surface area (Å²) in [6, 6.07) is 14.7. The van der Waals surface area contributed by atoms with Gasteiger partial charge in [0, 0.05) is 20.5 Å². The molecule has 3 heteroatoms. The minimum absolute atomic E-state index is 0.188. The fourth-order valence-corrected chi connectivity index (χ4v) is 3.42. The molecule has 1 saturated heterocycles. The zero-order valence-electron chi connectivity index (χ0n) is 12.7. The summed E-state index contributed by atoms with van der Waals surface area (Å²) in [7, 11) is 3.68. The lowest BCUT2D eigenvalue weighted by atomic mass is 9.86. The highest BCUT2D eigenvalue weighted by molar-refractivity contribution is 5.90. The second kappa shape index (κ2) is 5.49. The number of nitrogens with one attached hydrogen (secondary N) is 1. The van der Waals surface area contributed by atoms with Gasteiger partial charge in [-0.2, -0.15) is 0 Å². The third kappa shape index (κ3) is 2.54. The summed E-state index contributed by atoms with van der Waals surface area (Å²) in [5, 5.41) is 5.96. The number of nitrogens with zero attached hydrogens (tertiary/aromatic N) is 1. The summed E-state index contributed by atoms with van der Waals surface area (Å²) in [5.74, 6) is 0.188. The Kier molecular flexibility index (Phi) is 3.68. The van der Waals surface area contributed by atoms with Crippen LogP contribution >= 0.6 is 0 Å². The van der Waals surface area contributed by atoms with Crippen molar-refractivity contribution in [3.8, 4) is 0 Å². The quantitative estimate of drug-likeness (QED) is 0.938. The normalized spacial score (nSPS) is 21.6. The Morgan fingerprint density at radius 2 is 1.95 bits per heavy atom. The van der Waals surface area contributed by atoms with Crippen LogP contribution < -0.4 is 5.32 Å². The second-order valence-electron chi connectivity index (χ2n) is 6.13. The number of benzene rings is 2. The van der Waals surface area contributed by atoms with E-state index in [1.807, 2.05) is 14.1 Å². The van der Waals surface area contributed by atoms with Crippen LogP contribution in [0.2, 0.25) is 0 Å². The summed E-state index contributed by atoms with van der Waals surface area (Å²) in [6.07, 6.45) is 2.73. The summed E-state index contributed by atoms with van der Waals surface area (Å²) >= 11 is 0. The highest BCUT2D eigenvalue weighted by atomic mass is 16.2. The first-order valence-electron chi connectivity index (χ1n) is 7.56. The molecule has 21 heavy (non-hydrogen) atoms. The molecule has 1 atom stereocenters. The fourth-order valence-electron chi connectivity index (χ4n) is 3.42. The molecule has 1 fully saturated rings. The van der Waals surface area contributed by atoms with E-state index in [0.29, 0.717) is 0 Å². The average molecular weight is 282 g/mol. The second-order valence-corrected chi connectivity index (χ2v) is 6.13. The molecule has 1 aliphatic heterocycles. The van der Waals surface area contributed by atoms with E-state index in [2.05, 4.69) is 47.8 Å². The van der Waals surface area contributed by atoms with E-state index in [1.54, 1.807) is 4.90 Å². The Labute approximate surface area is 125 Å². The molecule has 0 bridgehead atoms. The Morgan fingerprint density at radius 3 is 2.67 bits per heavy atom. The predicted octanol–water partition coefficient (Wildman–Crippen LogP) is 2.59. The van der Waals surface area contributed by atoms with Crippen molar-refractivity contribution in [2.24, 2.45) is 0 Å². The van der Waals surface area contributed by atoms with Gasteiger partial charge in [0.15, 0.2) is 0 Å². The molecule has 2 aromatic carbocycles. The molecule has 1 heterocycles. The molecule has 0 aromatic heterocycles. The average Bonchev–Trinajstić information content (AvgIpc) is 2.96. The van der Waals surface area contributed by atoms with Crippen LogP contribution in [0.4, 0.5) is 0 Å². The first-order chi connectivity index (χ1) is 10.1. The minimum Gasteiger partial charge on any atom is -0.347 e. The summed E-state index contributed by atoms with van der Waals surface area (Å²) in [5.41, 5.74) is 0.811. The van der Waals surface area contributed by atoms with E-state index in [1.165, 1.54) is 16.3 Å². The molecule has 2 aromatic rings. The van der Waals surface area contributed by atoms with Gasteiger partial charge in [-0.25, -0.2) is 0 Å². The SMILES string of the molecule is CN(C)C(=O)[C@]1(Cc2cccc3ccccc23)CCCN1. The van der Waals surface area contributed by atoms with Gasteiger partial charge in [0.25, 0.3) is 0 Å². The molecule has 0 radical (unpaired) electrons. The molecule has 1 N–H and O–H groups in total. The van der Waals surface area contributed by atoms with Crippen LogP contribution in [-0.2, 0) is 11.2 Å². The van der Waals surface area contributed by atoms with E-state index >= 15 is 0 Å².